The Kier molecular flexibility index (Phi) is 4.22. The second kappa shape index (κ2) is 6.84. The molecule has 0 amide bonds. The van der Waals surface area contributed by atoms with Gasteiger partial charge >= 0.3 is 0 Å². The van der Waals surface area contributed by atoms with Gasteiger partial charge in [0, 0.05) is 6.07 Å². The van der Waals surface area contributed by atoms with Crippen LogP contribution in [-0.4, -0.2) is 14.5 Å². The Hall–Kier alpha value is -3.80. The van der Waals surface area contributed by atoms with Gasteiger partial charge in [-0.15, -0.1) is 0 Å². The van der Waals surface area contributed by atoms with Crippen LogP contribution in [-0.2, 0) is 6.54 Å². The zero-order valence-electron chi connectivity index (χ0n) is 14.3. The summed E-state index contributed by atoms with van der Waals surface area (Å²) >= 11 is 0. The van der Waals surface area contributed by atoms with Crippen molar-refractivity contribution in [2.24, 2.45) is 0 Å². The summed E-state index contributed by atoms with van der Waals surface area (Å²) < 4.78 is 1.61. The Bertz CT molecular complexity index is 1200. The van der Waals surface area contributed by atoms with Gasteiger partial charge in [-0.3, -0.25) is 14.9 Å². The topological polar surface area (TPSA) is 78.0 Å². The minimum atomic E-state index is -0.493. The molecule has 0 bridgehead atoms. The van der Waals surface area contributed by atoms with E-state index in [1.807, 2.05) is 48.5 Å². The first-order chi connectivity index (χ1) is 13.1. The van der Waals surface area contributed by atoms with Crippen molar-refractivity contribution in [2.75, 3.05) is 0 Å². The number of rotatable bonds is 4. The molecule has 0 aliphatic carbocycles. The van der Waals surface area contributed by atoms with Crippen molar-refractivity contribution in [1.82, 2.24) is 9.55 Å². The van der Waals surface area contributed by atoms with Crippen LogP contribution in [0.5, 0.6) is 0 Å². The van der Waals surface area contributed by atoms with E-state index < -0.39 is 4.92 Å². The van der Waals surface area contributed by atoms with E-state index in [0.29, 0.717) is 17.6 Å². The quantitative estimate of drug-likeness (QED) is 0.408. The number of benzene rings is 3. The highest BCUT2D eigenvalue weighted by Gasteiger charge is 2.20. The van der Waals surface area contributed by atoms with Crippen LogP contribution < -0.4 is 5.56 Å². The summed E-state index contributed by atoms with van der Waals surface area (Å²) in [5.41, 5.74) is 2.08. The molecule has 0 spiro atoms. The number of para-hydroxylation sites is 3. The smallest absolute Gasteiger partial charge is 0.278 e. The minimum absolute atomic E-state index is 0.0805. The molecular weight excluding hydrogens is 342 g/mol. The maximum absolute atomic E-state index is 13.2. The molecule has 0 fully saturated rings. The molecule has 0 saturated carbocycles. The molecule has 27 heavy (non-hydrogen) atoms. The molecule has 0 aliphatic heterocycles. The van der Waals surface area contributed by atoms with Crippen LogP contribution in [0.2, 0.25) is 0 Å². The largest absolute Gasteiger partial charge is 0.300 e. The van der Waals surface area contributed by atoms with Crippen molar-refractivity contribution in [1.29, 1.82) is 0 Å². The maximum atomic E-state index is 13.2. The zero-order valence-corrected chi connectivity index (χ0v) is 14.3. The molecule has 0 unspecified atom stereocenters. The molecule has 6 nitrogen and oxygen atoms in total. The van der Waals surface area contributed by atoms with E-state index in [4.69, 9.17) is 0 Å². The average molecular weight is 357 g/mol. The van der Waals surface area contributed by atoms with Gasteiger partial charge in [0.05, 0.1) is 28.1 Å². The van der Waals surface area contributed by atoms with Gasteiger partial charge in [-0.2, -0.15) is 0 Å². The normalized spacial score (nSPS) is 10.8. The van der Waals surface area contributed by atoms with E-state index in [0.717, 1.165) is 5.56 Å². The van der Waals surface area contributed by atoms with Crippen molar-refractivity contribution >= 4 is 16.7 Å². The monoisotopic (exact) mass is 357 g/mol. The minimum Gasteiger partial charge on any atom is -0.300 e. The highest BCUT2D eigenvalue weighted by Crippen LogP contribution is 2.27. The lowest BCUT2D eigenvalue weighted by atomic mass is 10.1. The van der Waals surface area contributed by atoms with E-state index >= 15 is 0 Å². The summed E-state index contributed by atoms with van der Waals surface area (Å²) in [5, 5.41) is 11.4. The van der Waals surface area contributed by atoms with Crippen LogP contribution in [0.3, 0.4) is 0 Å². The molecule has 132 valence electrons. The molecule has 0 saturated heterocycles. The number of aromatic nitrogens is 2. The number of nitro groups is 1. The third kappa shape index (κ3) is 3.08. The van der Waals surface area contributed by atoms with Gasteiger partial charge in [-0.1, -0.05) is 54.6 Å². The number of nitrogens with zero attached hydrogens (tertiary/aromatic N) is 3. The first kappa shape index (κ1) is 16.7. The Morgan fingerprint density at radius 1 is 0.889 bits per heavy atom. The summed E-state index contributed by atoms with van der Waals surface area (Å²) in [5.74, 6) is 0. The first-order valence-corrected chi connectivity index (χ1v) is 8.42. The van der Waals surface area contributed by atoms with E-state index in [2.05, 4.69) is 4.98 Å². The van der Waals surface area contributed by atoms with Gasteiger partial charge in [0.15, 0.2) is 0 Å². The van der Waals surface area contributed by atoms with Crippen LogP contribution in [0.15, 0.2) is 83.7 Å². The van der Waals surface area contributed by atoms with Crippen LogP contribution >= 0.6 is 0 Å². The molecular formula is C21H15N3O3. The van der Waals surface area contributed by atoms with Gasteiger partial charge in [-0.05, 0) is 23.8 Å². The second-order valence-electron chi connectivity index (χ2n) is 6.10. The standard InChI is InChI=1S/C21H15N3O3/c25-21-20(16-10-4-6-12-18(16)24(26)27)22-17-11-5-7-13-19(17)23(21)14-15-8-2-1-3-9-15/h1-13H,14H2. The van der Waals surface area contributed by atoms with Crippen molar-refractivity contribution < 1.29 is 4.92 Å². The van der Waals surface area contributed by atoms with Crippen LogP contribution in [0.4, 0.5) is 5.69 Å². The summed E-state index contributed by atoms with van der Waals surface area (Å²) in [6.45, 7) is 0.357. The molecule has 6 heteroatoms. The molecule has 1 heterocycles. The Morgan fingerprint density at radius 2 is 1.56 bits per heavy atom. The SMILES string of the molecule is O=c1c(-c2ccccc2[N+](=O)[O-])nc2ccccc2n1Cc1ccccc1. The summed E-state index contributed by atoms with van der Waals surface area (Å²) in [7, 11) is 0. The van der Waals surface area contributed by atoms with E-state index in [1.165, 1.54) is 6.07 Å². The van der Waals surface area contributed by atoms with Crippen LogP contribution in [0.25, 0.3) is 22.3 Å². The molecule has 4 aromatic rings. The highest BCUT2D eigenvalue weighted by molar-refractivity contribution is 5.80. The summed E-state index contributed by atoms with van der Waals surface area (Å²) in [4.78, 5) is 28.6. The van der Waals surface area contributed by atoms with E-state index in [1.54, 1.807) is 28.8 Å². The maximum Gasteiger partial charge on any atom is 0.278 e. The second-order valence-corrected chi connectivity index (χ2v) is 6.10. The third-order valence-electron chi connectivity index (χ3n) is 4.39. The molecule has 0 radical (unpaired) electrons. The zero-order chi connectivity index (χ0) is 18.8. The van der Waals surface area contributed by atoms with Crippen LogP contribution in [0, 0.1) is 10.1 Å². The van der Waals surface area contributed by atoms with Crippen LogP contribution in [0.1, 0.15) is 5.56 Å². The average Bonchev–Trinajstić information content (AvgIpc) is 2.70. The van der Waals surface area contributed by atoms with Gasteiger partial charge in [0.2, 0.25) is 0 Å². The fourth-order valence-electron chi connectivity index (χ4n) is 3.12. The molecule has 4 rings (SSSR count). The van der Waals surface area contributed by atoms with Gasteiger partial charge in [-0.25, -0.2) is 4.98 Å². The Morgan fingerprint density at radius 3 is 2.33 bits per heavy atom. The molecule has 1 aromatic heterocycles. The summed E-state index contributed by atoms with van der Waals surface area (Å²) in [6, 6.07) is 23.1. The third-order valence-corrected chi connectivity index (χ3v) is 4.39. The Labute approximate surface area is 154 Å². The summed E-state index contributed by atoms with van der Waals surface area (Å²) in [6.07, 6.45) is 0. The number of nitro benzene ring substituents is 1. The fourth-order valence-corrected chi connectivity index (χ4v) is 3.12. The van der Waals surface area contributed by atoms with E-state index in [-0.39, 0.29) is 22.5 Å². The van der Waals surface area contributed by atoms with Gasteiger partial charge < -0.3 is 4.57 Å². The van der Waals surface area contributed by atoms with Gasteiger partial charge in [0.1, 0.15) is 5.69 Å². The van der Waals surface area contributed by atoms with Crippen molar-refractivity contribution in [3.05, 3.63) is 105 Å². The first-order valence-electron chi connectivity index (χ1n) is 8.42. The van der Waals surface area contributed by atoms with E-state index in [9.17, 15) is 14.9 Å². The van der Waals surface area contributed by atoms with Gasteiger partial charge in [0.25, 0.3) is 11.2 Å². The predicted molar refractivity (Wildman–Crippen MR) is 104 cm³/mol. The lowest BCUT2D eigenvalue weighted by Gasteiger charge is -2.12. The molecule has 0 N–H and O–H groups in total. The van der Waals surface area contributed by atoms with Crippen molar-refractivity contribution in [3.8, 4) is 11.3 Å². The fraction of sp³-hybridized carbons (Fsp3) is 0.0476. The lowest BCUT2D eigenvalue weighted by Crippen LogP contribution is -2.24. The van der Waals surface area contributed by atoms with Crippen molar-refractivity contribution in [3.63, 3.8) is 0 Å². The number of hydrogen-bond donors (Lipinski definition) is 0. The predicted octanol–water partition coefficient (Wildman–Crippen LogP) is 4.02. The number of hydrogen-bond acceptors (Lipinski definition) is 4. The highest BCUT2D eigenvalue weighted by atomic mass is 16.6. The molecule has 3 aromatic carbocycles. The lowest BCUT2D eigenvalue weighted by molar-refractivity contribution is -0.384. The Balaban J connectivity index is 2.00. The molecule has 0 aliphatic rings. The molecule has 0 atom stereocenters. The van der Waals surface area contributed by atoms with Crippen molar-refractivity contribution in [2.45, 2.75) is 6.54 Å². The number of fused-ring (bicyclic) bond motifs is 1.